The number of hydrogen-bond acceptors (Lipinski definition) is 3. The first-order chi connectivity index (χ1) is 9.93. The van der Waals surface area contributed by atoms with Gasteiger partial charge in [0.05, 0.1) is 5.56 Å². The molecule has 0 atom stereocenters. The van der Waals surface area contributed by atoms with E-state index in [1.807, 2.05) is 6.92 Å². The first kappa shape index (κ1) is 16.5. The molecule has 21 heavy (non-hydrogen) atoms. The fourth-order valence-electron chi connectivity index (χ4n) is 1.68. The Morgan fingerprint density at radius 2 is 1.90 bits per heavy atom. The number of amides is 3. The molecule has 0 saturated heterocycles. The van der Waals surface area contributed by atoms with E-state index in [2.05, 4.69) is 16.0 Å². The van der Waals surface area contributed by atoms with E-state index in [9.17, 15) is 14.4 Å². The lowest BCUT2D eigenvalue weighted by molar-refractivity contribution is -0.120. The molecule has 0 saturated carbocycles. The van der Waals surface area contributed by atoms with Crippen LogP contribution >= 0.6 is 0 Å². The summed E-state index contributed by atoms with van der Waals surface area (Å²) in [4.78, 5) is 33.8. The van der Waals surface area contributed by atoms with Crippen molar-refractivity contribution >= 4 is 23.6 Å². The molecule has 4 N–H and O–H groups in total. The molecule has 0 aliphatic heterocycles. The zero-order valence-corrected chi connectivity index (χ0v) is 12.0. The average molecular weight is 293 g/mol. The largest absolute Gasteiger partial charge is 0.478 e. The molecule has 0 aromatic heterocycles. The van der Waals surface area contributed by atoms with Crippen molar-refractivity contribution in [1.82, 2.24) is 10.6 Å². The minimum atomic E-state index is -1.05. The fourth-order valence-corrected chi connectivity index (χ4v) is 1.68. The van der Waals surface area contributed by atoms with Crippen LogP contribution in [0.15, 0.2) is 18.2 Å². The highest BCUT2D eigenvalue weighted by Crippen LogP contribution is 2.15. The summed E-state index contributed by atoms with van der Waals surface area (Å²) in [6.07, 6.45) is 0.190. The second-order valence-corrected chi connectivity index (χ2v) is 4.42. The number of nitrogens with one attached hydrogen (secondary N) is 3. The minimum Gasteiger partial charge on any atom is -0.478 e. The van der Waals surface area contributed by atoms with Gasteiger partial charge in [0.15, 0.2) is 0 Å². The summed E-state index contributed by atoms with van der Waals surface area (Å²) in [6.45, 7) is 4.25. The van der Waals surface area contributed by atoms with Crippen molar-refractivity contribution in [2.45, 2.75) is 20.3 Å². The lowest BCUT2D eigenvalue weighted by atomic mass is 10.1. The number of hydrogen-bond donors (Lipinski definition) is 4. The number of carboxylic acid groups (broad SMARTS) is 1. The third kappa shape index (κ3) is 5.52. The van der Waals surface area contributed by atoms with Crippen molar-refractivity contribution < 1.29 is 19.5 Å². The molecule has 0 bridgehead atoms. The fraction of sp³-hybridized carbons (Fsp3) is 0.357. The van der Waals surface area contributed by atoms with Crippen LogP contribution in [-0.4, -0.2) is 36.1 Å². The van der Waals surface area contributed by atoms with Gasteiger partial charge in [0.1, 0.15) is 0 Å². The maximum absolute atomic E-state index is 11.6. The molecule has 0 heterocycles. The highest BCUT2D eigenvalue weighted by Gasteiger charge is 2.09. The third-order valence-corrected chi connectivity index (χ3v) is 2.74. The first-order valence-corrected chi connectivity index (χ1v) is 6.59. The van der Waals surface area contributed by atoms with Crippen LogP contribution in [0.4, 0.5) is 10.5 Å². The van der Waals surface area contributed by atoms with Gasteiger partial charge in [-0.2, -0.15) is 0 Å². The maximum atomic E-state index is 11.6. The summed E-state index contributed by atoms with van der Waals surface area (Å²) in [5.74, 6) is -1.19. The Morgan fingerprint density at radius 1 is 1.19 bits per heavy atom. The van der Waals surface area contributed by atoms with Gasteiger partial charge in [-0.1, -0.05) is 6.07 Å². The van der Waals surface area contributed by atoms with Crippen molar-refractivity contribution in [3.05, 3.63) is 29.3 Å². The number of anilines is 1. The first-order valence-electron chi connectivity index (χ1n) is 6.59. The van der Waals surface area contributed by atoms with Gasteiger partial charge >= 0.3 is 12.0 Å². The Hall–Kier alpha value is -2.57. The van der Waals surface area contributed by atoms with E-state index >= 15 is 0 Å². The van der Waals surface area contributed by atoms with Crippen LogP contribution in [-0.2, 0) is 4.79 Å². The minimum absolute atomic E-state index is 0.134. The molecule has 0 spiro atoms. The standard InChI is InChI=1S/C14H19N3O4/c1-3-15-12(18)6-7-16-14(21)17-10-5-4-9(2)11(8-10)13(19)20/h4-5,8H,3,6-7H2,1-2H3,(H,15,18)(H,19,20)(H2,16,17,21). The number of urea groups is 1. The molecule has 1 aromatic carbocycles. The van der Waals surface area contributed by atoms with Crippen molar-refractivity contribution in [3.8, 4) is 0 Å². The van der Waals surface area contributed by atoms with Crippen LogP contribution in [0.5, 0.6) is 0 Å². The molecule has 3 amide bonds. The van der Waals surface area contributed by atoms with Crippen LogP contribution < -0.4 is 16.0 Å². The summed E-state index contributed by atoms with van der Waals surface area (Å²) in [5.41, 5.74) is 1.13. The van der Waals surface area contributed by atoms with E-state index in [4.69, 9.17) is 5.11 Å². The molecule has 7 heteroatoms. The molecular weight excluding hydrogens is 274 g/mol. The summed E-state index contributed by atoms with van der Waals surface area (Å²) < 4.78 is 0. The van der Waals surface area contributed by atoms with Gasteiger partial charge < -0.3 is 21.1 Å². The summed E-state index contributed by atoms with van der Waals surface area (Å²) in [7, 11) is 0. The van der Waals surface area contributed by atoms with Crippen LogP contribution in [0.3, 0.4) is 0 Å². The molecule has 0 fully saturated rings. The van der Waals surface area contributed by atoms with E-state index in [1.54, 1.807) is 19.1 Å². The molecular formula is C14H19N3O4. The normalized spacial score (nSPS) is 9.81. The van der Waals surface area contributed by atoms with E-state index < -0.39 is 12.0 Å². The zero-order valence-electron chi connectivity index (χ0n) is 12.0. The van der Waals surface area contributed by atoms with E-state index in [-0.39, 0.29) is 24.4 Å². The van der Waals surface area contributed by atoms with Crippen LogP contribution in [0.2, 0.25) is 0 Å². The number of aryl methyl sites for hydroxylation is 1. The molecule has 0 radical (unpaired) electrons. The van der Waals surface area contributed by atoms with Crippen LogP contribution in [0.1, 0.15) is 29.3 Å². The maximum Gasteiger partial charge on any atom is 0.336 e. The molecule has 0 unspecified atom stereocenters. The van der Waals surface area contributed by atoms with E-state index in [1.165, 1.54) is 6.07 Å². The second-order valence-electron chi connectivity index (χ2n) is 4.42. The Balaban J connectivity index is 2.50. The Morgan fingerprint density at radius 3 is 2.52 bits per heavy atom. The average Bonchev–Trinajstić information content (AvgIpc) is 2.41. The van der Waals surface area contributed by atoms with Crippen molar-refractivity contribution in [1.29, 1.82) is 0 Å². The number of carbonyl (C=O) groups excluding carboxylic acids is 2. The number of aromatic carboxylic acids is 1. The smallest absolute Gasteiger partial charge is 0.336 e. The molecule has 1 rings (SSSR count). The van der Waals surface area contributed by atoms with E-state index in [0.29, 0.717) is 17.8 Å². The van der Waals surface area contributed by atoms with Crippen molar-refractivity contribution in [3.63, 3.8) is 0 Å². The molecule has 114 valence electrons. The Bertz CT molecular complexity index is 543. The van der Waals surface area contributed by atoms with E-state index in [0.717, 1.165) is 0 Å². The lowest BCUT2D eigenvalue weighted by Crippen LogP contribution is -2.33. The highest BCUT2D eigenvalue weighted by atomic mass is 16.4. The molecule has 0 aliphatic rings. The second kappa shape index (κ2) is 7.88. The number of carboxylic acids is 1. The van der Waals surface area contributed by atoms with Gasteiger partial charge in [0.2, 0.25) is 5.91 Å². The quantitative estimate of drug-likeness (QED) is 0.634. The predicted octanol–water partition coefficient (Wildman–Crippen LogP) is 1.34. The monoisotopic (exact) mass is 293 g/mol. The predicted molar refractivity (Wildman–Crippen MR) is 78.5 cm³/mol. The number of rotatable bonds is 6. The van der Waals surface area contributed by atoms with Gasteiger partial charge in [0.25, 0.3) is 0 Å². The van der Waals surface area contributed by atoms with Crippen molar-refractivity contribution in [2.24, 2.45) is 0 Å². The third-order valence-electron chi connectivity index (χ3n) is 2.74. The molecule has 7 nitrogen and oxygen atoms in total. The SMILES string of the molecule is CCNC(=O)CCNC(=O)Nc1ccc(C)c(C(=O)O)c1. The summed E-state index contributed by atoms with van der Waals surface area (Å²) in [6, 6.07) is 4.14. The highest BCUT2D eigenvalue weighted by molar-refractivity contribution is 5.94. The summed E-state index contributed by atoms with van der Waals surface area (Å²) >= 11 is 0. The number of carbonyl (C=O) groups is 3. The van der Waals surface area contributed by atoms with Gasteiger partial charge in [0, 0.05) is 25.2 Å². The number of benzene rings is 1. The van der Waals surface area contributed by atoms with Crippen molar-refractivity contribution in [2.75, 3.05) is 18.4 Å². The van der Waals surface area contributed by atoms with Crippen LogP contribution in [0, 0.1) is 6.92 Å². The Labute approximate surface area is 122 Å². The lowest BCUT2D eigenvalue weighted by Gasteiger charge is -2.09. The van der Waals surface area contributed by atoms with Crippen LogP contribution in [0.25, 0.3) is 0 Å². The molecule has 1 aromatic rings. The zero-order chi connectivity index (χ0) is 15.8. The van der Waals surface area contributed by atoms with Gasteiger partial charge in [-0.25, -0.2) is 9.59 Å². The summed E-state index contributed by atoms with van der Waals surface area (Å²) in [5, 5.41) is 16.7. The van der Waals surface area contributed by atoms with Gasteiger partial charge in [-0.3, -0.25) is 4.79 Å². The van der Waals surface area contributed by atoms with Gasteiger partial charge in [-0.15, -0.1) is 0 Å². The topological polar surface area (TPSA) is 108 Å². The molecule has 0 aliphatic carbocycles. The Kier molecular flexibility index (Phi) is 6.19. The van der Waals surface area contributed by atoms with Gasteiger partial charge in [-0.05, 0) is 31.5 Å².